The van der Waals surface area contributed by atoms with E-state index in [4.69, 9.17) is 0 Å². The third kappa shape index (κ3) is 2.98. The van der Waals surface area contributed by atoms with E-state index < -0.39 is 17.5 Å². The van der Waals surface area contributed by atoms with Crippen molar-refractivity contribution in [2.75, 3.05) is 11.9 Å². The highest BCUT2D eigenvalue weighted by molar-refractivity contribution is 5.45. The number of anilines is 1. The largest absolute Gasteiger partial charge is 0.382 e. The zero-order chi connectivity index (χ0) is 13.1. The lowest BCUT2D eigenvalue weighted by Crippen LogP contribution is -2.20. The topological polar surface area (TPSA) is 12.0 Å². The number of hydrogen-bond acceptors (Lipinski definition) is 1. The summed E-state index contributed by atoms with van der Waals surface area (Å²) in [4.78, 5) is 0. The van der Waals surface area contributed by atoms with Crippen LogP contribution in [0.15, 0.2) is 12.1 Å². The molecule has 1 aromatic carbocycles. The molecular formula is C14H18F3N. The Morgan fingerprint density at radius 1 is 1.06 bits per heavy atom. The Hall–Kier alpha value is -1.19. The van der Waals surface area contributed by atoms with Crippen LogP contribution in [0.4, 0.5) is 18.9 Å². The molecule has 0 heterocycles. The summed E-state index contributed by atoms with van der Waals surface area (Å²) < 4.78 is 39.2. The molecule has 0 atom stereocenters. The van der Waals surface area contributed by atoms with Crippen LogP contribution in [0.1, 0.15) is 32.6 Å². The van der Waals surface area contributed by atoms with E-state index in [2.05, 4.69) is 12.2 Å². The van der Waals surface area contributed by atoms with Gasteiger partial charge < -0.3 is 5.32 Å². The van der Waals surface area contributed by atoms with Gasteiger partial charge >= 0.3 is 0 Å². The lowest BCUT2D eigenvalue weighted by atomic mass is 9.83. The van der Waals surface area contributed by atoms with Crippen molar-refractivity contribution < 1.29 is 13.2 Å². The Morgan fingerprint density at radius 3 is 2.39 bits per heavy atom. The number of rotatable bonds is 3. The first-order valence-corrected chi connectivity index (χ1v) is 6.45. The smallest absolute Gasteiger partial charge is 0.196 e. The van der Waals surface area contributed by atoms with Crippen LogP contribution in [0.5, 0.6) is 0 Å². The summed E-state index contributed by atoms with van der Waals surface area (Å²) in [6, 6.07) is 2.20. The minimum absolute atomic E-state index is 0.0486. The predicted octanol–water partition coefficient (Wildman–Crippen LogP) is 4.34. The maximum absolute atomic E-state index is 13.4. The van der Waals surface area contributed by atoms with Crippen molar-refractivity contribution >= 4 is 5.69 Å². The van der Waals surface area contributed by atoms with Gasteiger partial charge in [0.15, 0.2) is 17.5 Å². The van der Waals surface area contributed by atoms with Crippen molar-refractivity contribution in [3.8, 4) is 0 Å². The second kappa shape index (κ2) is 5.63. The van der Waals surface area contributed by atoms with E-state index in [0.29, 0.717) is 12.5 Å². The number of benzene rings is 1. The summed E-state index contributed by atoms with van der Waals surface area (Å²) in [6.07, 6.45) is 4.60. The van der Waals surface area contributed by atoms with Gasteiger partial charge in [-0.3, -0.25) is 0 Å². The first-order valence-electron chi connectivity index (χ1n) is 6.45. The van der Waals surface area contributed by atoms with Crippen molar-refractivity contribution in [2.24, 2.45) is 11.8 Å². The van der Waals surface area contributed by atoms with Crippen molar-refractivity contribution in [1.29, 1.82) is 0 Å². The van der Waals surface area contributed by atoms with Crippen LogP contribution < -0.4 is 5.32 Å². The molecule has 1 aliphatic rings. The van der Waals surface area contributed by atoms with Crippen molar-refractivity contribution in [3.05, 3.63) is 29.6 Å². The average Bonchev–Trinajstić information content (AvgIpc) is 2.37. The second-order valence-electron chi connectivity index (χ2n) is 5.23. The summed E-state index contributed by atoms with van der Waals surface area (Å²) in [5.74, 6) is -2.42. The maximum atomic E-state index is 13.4. The molecule has 1 fully saturated rings. The van der Waals surface area contributed by atoms with Crippen LogP contribution >= 0.6 is 0 Å². The molecule has 4 heteroatoms. The van der Waals surface area contributed by atoms with Gasteiger partial charge in [-0.2, -0.15) is 0 Å². The van der Waals surface area contributed by atoms with E-state index >= 15 is 0 Å². The molecule has 0 aliphatic heterocycles. The van der Waals surface area contributed by atoms with E-state index in [1.54, 1.807) is 0 Å². The van der Waals surface area contributed by atoms with E-state index in [9.17, 15) is 13.2 Å². The predicted molar refractivity (Wildman–Crippen MR) is 65.9 cm³/mol. The van der Waals surface area contributed by atoms with Crippen LogP contribution in [0, 0.1) is 29.3 Å². The van der Waals surface area contributed by atoms with Crippen LogP contribution in [-0.4, -0.2) is 6.54 Å². The molecule has 100 valence electrons. The first kappa shape index (κ1) is 13.2. The molecule has 0 aromatic heterocycles. The van der Waals surface area contributed by atoms with E-state index in [0.717, 1.165) is 24.8 Å². The van der Waals surface area contributed by atoms with Gasteiger partial charge in [-0.15, -0.1) is 0 Å². The normalized spacial score (nSPS) is 24.0. The molecule has 0 radical (unpaired) electrons. The van der Waals surface area contributed by atoms with Crippen molar-refractivity contribution in [3.63, 3.8) is 0 Å². The minimum atomic E-state index is -1.41. The Labute approximate surface area is 105 Å². The fourth-order valence-corrected chi connectivity index (χ4v) is 2.45. The Morgan fingerprint density at radius 2 is 1.72 bits per heavy atom. The molecule has 18 heavy (non-hydrogen) atoms. The number of halogens is 3. The van der Waals surface area contributed by atoms with E-state index in [-0.39, 0.29) is 5.69 Å². The van der Waals surface area contributed by atoms with Crippen LogP contribution in [0.2, 0.25) is 0 Å². The summed E-state index contributed by atoms with van der Waals surface area (Å²) in [6.45, 7) is 2.85. The van der Waals surface area contributed by atoms with Crippen molar-refractivity contribution in [1.82, 2.24) is 0 Å². The van der Waals surface area contributed by atoms with Gasteiger partial charge in [0.25, 0.3) is 0 Å². The lowest BCUT2D eigenvalue weighted by molar-refractivity contribution is 0.300. The molecular weight excluding hydrogens is 239 g/mol. The number of nitrogens with one attached hydrogen (secondary N) is 1. The molecule has 0 spiro atoms. The second-order valence-corrected chi connectivity index (χ2v) is 5.23. The zero-order valence-electron chi connectivity index (χ0n) is 10.5. The molecule has 1 aromatic rings. The molecule has 1 N–H and O–H groups in total. The fraction of sp³-hybridized carbons (Fsp3) is 0.571. The number of hydrogen-bond donors (Lipinski definition) is 1. The summed E-state index contributed by atoms with van der Waals surface area (Å²) in [5.41, 5.74) is 0.0486. The monoisotopic (exact) mass is 257 g/mol. The molecule has 1 saturated carbocycles. The Bertz CT molecular complexity index is 412. The summed E-state index contributed by atoms with van der Waals surface area (Å²) >= 11 is 0. The lowest BCUT2D eigenvalue weighted by Gasteiger charge is -2.26. The van der Waals surface area contributed by atoms with Crippen LogP contribution in [-0.2, 0) is 0 Å². The van der Waals surface area contributed by atoms with Crippen LogP contribution in [0.25, 0.3) is 0 Å². The van der Waals surface area contributed by atoms with Gasteiger partial charge in [-0.1, -0.05) is 19.8 Å². The maximum Gasteiger partial charge on any atom is 0.196 e. The molecule has 1 aliphatic carbocycles. The SMILES string of the molecule is C[C@H]1CC[C@H](CNc2ccc(F)c(F)c2F)CC1. The third-order valence-corrected chi connectivity index (χ3v) is 3.75. The summed E-state index contributed by atoms with van der Waals surface area (Å²) in [7, 11) is 0. The fourth-order valence-electron chi connectivity index (χ4n) is 2.45. The van der Waals surface area contributed by atoms with Gasteiger partial charge in [0.2, 0.25) is 0 Å². The molecule has 0 unspecified atom stereocenters. The molecule has 0 saturated heterocycles. The van der Waals surface area contributed by atoms with Gasteiger partial charge in [0.1, 0.15) is 0 Å². The highest BCUT2D eigenvalue weighted by Crippen LogP contribution is 2.29. The Kier molecular flexibility index (Phi) is 4.15. The average molecular weight is 257 g/mol. The van der Waals surface area contributed by atoms with Gasteiger partial charge in [0.05, 0.1) is 5.69 Å². The Balaban J connectivity index is 1.92. The van der Waals surface area contributed by atoms with E-state index in [1.165, 1.54) is 18.9 Å². The molecule has 1 nitrogen and oxygen atoms in total. The quantitative estimate of drug-likeness (QED) is 0.794. The van der Waals surface area contributed by atoms with Gasteiger partial charge in [-0.05, 0) is 36.8 Å². The first-order chi connectivity index (χ1) is 8.58. The minimum Gasteiger partial charge on any atom is -0.382 e. The van der Waals surface area contributed by atoms with Crippen molar-refractivity contribution in [2.45, 2.75) is 32.6 Å². The van der Waals surface area contributed by atoms with Gasteiger partial charge in [0, 0.05) is 6.54 Å². The van der Waals surface area contributed by atoms with Gasteiger partial charge in [-0.25, -0.2) is 13.2 Å². The summed E-state index contributed by atoms with van der Waals surface area (Å²) in [5, 5.41) is 2.88. The zero-order valence-corrected chi connectivity index (χ0v) is 10.5. The highest BCUT2D eigenvalue weighted by Gasteiger charge is 2.19. The molecule has 2 rings (SSSR count). The third-order valence-electron chi connectivity index (χ3n) is 3.75. The molecule has 0 bridgehead atoms. The highest BCUT2D eigenvalue weighted by atomic mass is 19.2. The van der Waals surface area contributed by atoms with Crippen LogP contribution in [0.3, 0.4) is 0 Å². The van der Waals surface area contributed by atoms with E-state index in [1.807, 2.05) is 0 Å². The standard InChI is InChI=1S/C14H18F3N/c1-9-2-4-10(5-3-9)8-18-12-7-6-11(15)13(16)14(12)17/h6-7,9-10,18H,2-5,8H2,1H3/t9-,10-. The molecule has 0 amide bonds.